The molecule has 1 aromatic rings. The van der Waals surface area contributed by atoms with Crippen LogP contribution < -0.4 is 14.8 Å². The standard InChI is InChI=1S/C16H22ClNO3.ClH/c1-9-13(3-4-14(20-2)16(9)17)21-15-6-11-8-18-7-10(11)5-12(15)19;/h3-4,10-12,15,18-19H,5-8H2,1-2H3;1H/t10-,11+,12+,15+;/m0./s1. The van der Waals surface area contributed by atoms with Crippen molar-refractivity contribution >= 4 is 24.0 Å². The molecular formula is C16H23Cl2NO3. The number of methoxy groups -OCH3 is 1. The van der Waals surface area contributed by atoms with E-state index in [0.717, 1.165) is 37.2 Å². The van der Waals surface area contributed by atoms with Gasteiger partial charge in [0.05, 0.1) is 18.2 Å². The zero-order chi connectivity index (χ0) is 15.0. The van der Waals surface area contributed by atoms with Crippen molar-refractivity contribution in [3.05, 3.63) is 22.7 Å². The van der Waals surface area contributed by atoms with Crippen LogP contribution in [-0.2, 0) is 0 Å². The minimum absolute atomic E-state index is 0. The van der Waals surface area contributed by atoms with E-state index in [1.807, 2.05) is 13.0 Å². The third kappa shape index (κ3) is 3.30. The van der Waals surface area contributed by atoms with Crippen LogP contribution >= 0.6 is 24.0 Å². The Kier molecular flexibility index (Phi) is 5.83. The minimum atomic E-state index is -0.411. The number of hydrogen-bond acceptors (Lipinski definition) is 4. The van der Waals surface area contributed by atoms with Crippen molar-refractivity contribution in [3.63, 3.8) is 0 Å². The fourth-order valence-electron chi connectivity index (χ4n) is 3.47. The van der Waals surface area contributed by atoms with Crippen LogP contribution in [0.2, 0.25) is 5.02 Å². The van der Waals surface area contributed by atoms with Crippen molar-refractivity contribution in [1.82, 2.24) is 5.32 Å². The van der Waals surface area contributed by atoms with Gasteiger partial charge in [0, 0.05) is 5.56 Å². The summed E-state index contributed by atoms with van der Waals surface area (Å²) in [5, 5.41) is 14.3. The molecule has 124 valence electrons. The molecule has 0 bridgehead atoms. The highest BCUT2D eigenvalue weighted by Gasteiger charge is 2.40. The van der Waals surface area contributed by atoms with Crippen LogP contribution in [0, 0.1) is 18.8 Å². The Hall–Kier alpha value is -0.680. The Morgan fingerprint density at radius 2 is 1.82 bits per heavy atom. The van der Waals surface area contributed by atoms with Crippen LogP contribution in [0.1, 0.15) is 18.4 Å². The van der Waals surface area contributed by atoms with E-state index in [1.165, 1.54) is 0 Å². The van der Waals surface area contributed by atoms with E-state index >= 15 is 0 Å². The van der Waals surface area contributed by atoms with Crippen LogP contribution in [0.4, 0.5) is 0 Å². The van der Waals surface area contributed by atoms with Gasteiger partial charge in [-0.2, -0.15) is 0 Å². The molecule has 0 spiro atoms. The fraction of sp³-hybridized carbons (Fsp3) is 0.625. The average molecular weight is 348 g/mol. The van der Waals surface area contributed by atoms with Gasteiger partial charge in [0.15, 0.2) is 0 Å². The van der Waals surface area contributed by atoms with E-state index in [4.69, 9.17) is 21.1 Å². The van der Waals surface area contributed by atoms with Crippen LogP contribution in [0.5, 0.6) is 11.5 Å². The minimum Gasteiger partial charge on any atom is -0.495 e. The summed E-state index contributed by atoms with van der Waals surface area (Å²) in [5.41, 5.74) is 0.856. The molecule has 1 aliphatic heterocycles. The Balaban J connectivity index is 0.00000176. The maximum absolute atomic E-state index is 10.3. The van der Waals surface area contributed by atoms with Crippen LogP contribution in [-0.4, -0.2) is 37.5 Å². The molecule has 1 aromatic carbocycles. The Labute approximate surface area is 142 Å². The second-order valence-electron chi connectivity index (χ2n) is 6.08. The maximum Gasteiger partial charge on any atom is 0.137 e. The fourth-order valence-corrected chi connectivity index (χ4v) is 3.71. The molecule has 2 N–H and O–H groups in total. The first-order valence-electron chi connectivity index (χ1n) is 7.48. The predicted molar refractivity (Wildman–Crippen MR) is 89.5 cm³/mol. The quantitative estimate of drug-likeness (QED) is 0.882. The number of hydrogen-bond donors (Lipinski definition) is 2. The van der Waals surface area contributed by atoms with Crippen LogP contribution in [0.15, 0.2) is 12.1 Å². The number of halogens is 2. The van der Waals surface area contributed by atoms with Gasteiger partial charge < -0.3 is 19.9 Å². The third-order valence-electron chi connectivity index (χ3n) is 4.79. The van der Waals surface area contributed by atoms with E-state index in [0.29, 0.717) is 22.6 Å². The molecule has 0 radical (unpaired) electrons. The van der Waals surface area contributed by atoms with E-state index in [2.05, 4.69) is 5.32 Å². The smallest absolute Gasteiger partial charge is 0.137 e. The summed E-state index contributed by atoms with van der Waals surface area (Å²) < 4.78 is 11.3. The van der Waals surface area contributed by atoms with Gasteiger partial charge in [-0.3, -0.25) is 0 Å². The number of aliphatic hydroxyl groups is 1. The van der Waals surface area contributed by atoms with E-state index < -0.39 is 6.10 Å². The highest BCUT2D eigenvalue weighted by molar-refractivity contribution is 6.33. The predicted octanol–water partition coefficient (Wildman–Crippen LogP) is 2.82. The number of rotatable bonds is 3. The lowest BCUT2D eigenvalue weighted by molar-refractivity contribution is -0.0234. The third-order valence-corrected chi connectivity index (χ3v) is 5.26. The Bertz CT molecular complexity index is 526. The highest BCUT2D eigenvalue weighted by Crippen LogP contribution is 2.38. The number of ether oxygens (including phenoxy) is 2. The lowest BCUT2D eigenvalue weighted by atomic mass is 9.78. The number of fused-ring (bicyclic) bond motifs is 1. The Morgan fingerprint density at radius 3 is 2.50 bits per heavy atom. The molecule has 4 atom stereocenters. The molecule has 1 heterocycles. The molecule has 0 amide bonds. The Morgan fingerprint density at radius 1 is 1.18 bits per heavy atom. The summed E-state index contributed by atoms with van der Waals surface area (Å²) in [7, 11) is 1.60. The first kappa shape index (κ1) is 17.7. The average Bonchev–Trinajstić information content (AvgIpc) is 2.91. The van der Waals surface area contributed by atoms with Gasteiger partial charge >= 0.3 is 0 Å². The number of benzene rings is 1. The van der Waals surface area contributed by atoms with Gasteiger partial charge in [-0.05, 0) is 56.8 Å². The molecule has 0 unspecified atom stereocenters. The monoisotopic (exact) mass is 347 g/mol. The SMILES string of the molecule is COc1ccc(O[C@@H]2C[C@@H]3CNC[C@@H]3C[C@H]2O)c(C)c1Cl.Cl. The lowest BCUT2D eigenvalue weighted by Crippen LogP contribution is -2.42. The summed E-state index contributed by atoms with van der Waals surface area (Å²) in [4.78, 5) is 0. The molecule has 2 aliphatic rings. The van der Waals surface area contributed by atoms with Crippen molar-refractivity contribution in [2.45, 2.75) is 32.0 Å². The maximum atomic E-state index is 10.3. The molecule has 1 saturated heterocycles. The van der Waals surface area contributed by atoms with Crippen molar-refractivity contribution in [1.29, 1.82) is 0 Å². The molecular weight excluding hydrogens is 325 g/mol. The van der Waals surface area contributed by atoms with Gasteiger partial charge in [-0.1, -0.05) is 11.6 Å². The molecule has 1 aliphatic carbocycles. The number of aliphatic hydroxyl groups excluding tert-OH is 1. The zero-order valence-electron chi connectivity index (χ0n) is 12.8. The molecule has 6 heteroatoms. The summed E-state index contributed by atoms with van der Waals surface area (Å²) in [6.45, 7) is 3.96. The van der Waals surface area contributed by atoms with Crippen LogP contribution in [0.3, 0.4) is 0 Å². The molecule has 1 saturated carbocycles. The largest absolute Gasteiger partial charge is 0.495 e. The van der Waals surface area contributed by atoms with Crippen LogP contribution in [0.25, 0.3) is 0 Å². The van der Waals surface area contributed by atoms with Gasteiger partial charge in [0.25, 0.3) is 0 Å². The first-order chi connectivity index (χ1) is 10.1. The van der Waals surface area contributed by atoms with Gasteiger partial charge in [0.1, 0.15) is 17.6 Å². The van der Waals surface area contributed by atoms with Gasteiger partial charge in [0.2, 0.25) is 0 Å². The number of nitrogens with one attached hydrogen (secondary N) is 1. The first-order valence-corrected chi connectivity index (χ1v) is 7.86. The normalized spacial score (nSPS) is 30.4. The van der Waals surface area contributed by atoms with Crippen molar-refractivity contribution in [2.75, 3.05) is 20.2 Å². The lowest BCUT2D eigenvalue weighted by Gasteiger charge is -2.35. The highest BCUT2D eigenvalue weighted by atomic mass is 35.5. The van der Waals surface area contributed by atoms with Crippen molar-refractivity contribution in [2.24, 2.45) is 11.8 Å². The molecule has 3 rings (SSSR count). The zero-order valence-corrected chi connectivity index (χ0v) is 14.4. The molecule has 22 heavy (non-hydrogen) atoms. The summed E-state index contributed by atoms with van der Waals surface area (Å²) in [5.74, 6) is 2.56. The molecule has 4 nitrogen and oxygen atoms in total. The van der Waals surface area contributed by atoms with Crippen molar-refractivity contribution in [3.8, 4) is 11.5 Å². The van der Waals surface area contributed by atoms with E-state index in [1.54, 1.807) is 13.2 Å². The molecule has 2 fully saturated rings. The topological polar surface area (TPSA) is 50.7 Å². The van der Waals surface area contributed by atoms with Crippen molar-refractivity contribution < 1.29 is 14.6 Å². The van der Waals surface area contributed by atoms with Gasteiger partial charge in [-0.15, -0.1) is 12.4 Å². The van der Waals surface area contributed by atoms with E-state index in [-0.39, 0.29) is 18.5 Å². The summed E-state index contributed by atoms with van der Waals surface area (Å²) >= 11 is 6.26. The summed E-state index contributed by atoms with van der Waals surface area (Å²) in [6, 6.07) is 3.67. The van der Waals surface area contributed by atoms with E-state index in [9.17, 15) is 5.11 Å². The second-order valence-corrected chi connectivity index (χ2v) is 6.46. The second kappa shape index (κ2) is 7.26. The summed E-state index contributed by atoms with van der Waals surface area (Å²) in [6.07, 6.45) is 1.13. The molecule has 0 aromatic heterocycles. The van der Waals surface area contributed by atoms with Gasteiger partial charge in [-0.25, -0.2) is 0 Å².